The summed E-state index contributed by atoms with van der Waals surface area (Å²) in [6.07, 6.45) is 0. The highest BCUT2D eigenvalue weighted by atomic mass is 16.5. The quantitative estimate of drug-likeness (QED) is 0.595. The lowest BCUT2D eigenvalue weighted by Gasteiger charge is -2.05. The van der Waals surface area contributed by atoms with E-state index in [-0.39, 0.29) is 0 Å². The summed E-state index contributed by atoms with van der Waals surface area (Å²) in [6, 6.07) is 5.48. The van der Waals surface area contributed by atoms with Gasteiger partial charge in [-0.1, -0.05) is 11.5 Å². The van der Waals surface area contributed by atoms with E-state index in [9.17, 15) is 0 Å². The van der Waals surface area contributed by atoms with Gasteiger partial charge < -0.3 is 10.5 Å². The smallest absolute Gasteiger partial charge is 0.118 e. The highest BCUT2D eigenvalue weighted by Gasteiger charge is 1.96. The van der Waals surface area contributed by atoms with Crippen LogP contribution in [0.2, 0.25) is 0 Å². The Morgan fingerprint density at radius 3 is 2.73 bits per heavy atom. The topological polar surface area (TPSA) is 35.2 Å². The fourth-order valence-electron chi connectivity index (χ4n) is 0.886. The number of hydrogen-bond acceptors (Lipinski definition) is 2. The summed E-state index contributed by atoms with van der Waals surface area (Å²) in [6.45, 7) is 0.468. The zero-order valence-electron chi connectivity index (χ0n) is 6.50. The maximum Gasteiger partial charge on any atom is 0.118 e. The molecule has 3 heteroatoms. The summed E-state index contributed by atoms with van der Waals surface area (Å²) in [5.74, 6) is 0.764. The van der Waals surface area contributed by atoms with Crippen LogP contribution in [0.25, 0.3) is 0 Å². The zero-order chi connectivity index (χ0) is 8.27. The molecule has 0 saturated carbocycles. The molecule has 0 aliphatic heterocycles. The van der Waals surface area contributed by atoms with Gasteiger partial charge >= 0.3 is 0 Å². The van der Waals surface area contributed by atoms with Gasteiger partial charge in [0, 0.05) is 6.54 Å². The van der Waals surface area contributed by atoms with Crippen LogP contribution < -0.4 is 15.9 Å². The van der Waals surface area contributed by atoms with Crippen molar-refractivity contribution in [3.63, 3.8) is 0 Å². The van der Waals surface area contributed by atoms with E-state index in [1.165, 1.54) is 0 Å². The summed E-state index contributed by atoms with van der Waals surface area (Å²) in [5.41, 5.74) is 7.06. The standard InChI is InChI=1S/C8H10BNO/c1-11-7-3-2-6(5-10)8(9)4-7/h2-4H,5,10H2,1H3. The highest BCUT2D eigenvalue weighted by Crippen LogP contribution is 2.07. The lowest BCUT2D eigenvalue weighted by atomic mass is 9.90. The van der Waals surface area contributed by atoms with Gasteiger partial charge in [0.1, 0.15) is 13.6 Å². The summed E-state index contributed by atoms with van der Waals surface area (Å²) in [4.78, 5) is 0. The first-order chi connectivity index (χ1) is 5.27. The first-order valence-corrected chi connectivity index (χ1v) is 3.40. The molecule has 0 aromatic heterocycles. The molecule has 0 bridgehead atoms. The Bertz CT molecular complexity index is 250. The van der Waals surface area contributed by atoms with Crippen molar-refractivity contribution in [2.75, 3.05) is 7.11 Å². The molecule has 0 saturated heterocycles. The Morgan fingerprint density at radius 2 is 2.27 bits per heavy atom. The van der Waals surface area contributed by atoms with Crippen molar-refractivity contribution in [2.45, 2.75) is 6.54 Å². The van der Waals surface area contributed by atoms with Crippen LogP contribution in [0.4, 0.5) is 0 Å². The molecule has 2 nitrogen and oxygen atoms in total. The number of methoxy groups -OCH3 is 1. The minimum Gasteiger partial charge on any atom is -0.497 e. The molecule has 2 N–H and O–H groups in total. The molecule has 2 radical (unpaired) electrons. The van der Waals surface area contributed by atoms with Crippen molar-refractivity contribution >= 4 is 13.3 Å². The summed E-state index contributed by atoms with van der Waals surface area (Å²) in [5, 5.41) is 0. The molecule has 0 aliphatic carbocycles. The molecule has 0 spiro atoms. The summed E-state index contributed by atoms with van der Waals surface area (Å²) in [7, 11) is 7.26. The molecule has 0 heterocycles. The van der Waals surface area contributed by atoms with Crippen LogP contribution in [-0.2, 0) is 6.54 Å². The van der Waals surface area contributed by atoms with Gasteiger partial charge in [-0.05, 0) is 17.7 Å². The first kappa shape index (κ1) is 8.14. The second kappa shape index (κ2) is 3.44. The average Bonchev–Trinajstić information content (AvgIpc) is 2.04. The van der Waals surface area contributed by atoms with E-state index in [1.54, 1.807) is 13.2 Å². The fraction of sp³-hybridized carbons (Fsp3) is 0.250. The lowest BCUT2D eigenvalue weighted by Crippen LogP contribution is -2.13. The van der Waals surface area contributed by atoms with Crippen LogP contribution >= 0.6 is 0 Å². The van der Waals surface area contributed by atoms with Crippen LogP contribution in [0.15, 0.2) is 18.2 Å². The fourth-order valence-corrected chi connectivity index (χ4v) is 0.886. The second-order valence-electron chi connectivity index (χ2n) is 2.27. The molecule has 11 heavy (non-hydrogen) atoms. The Balaban J connectivity index is 2.99. The number of hydrogen-bond donors (Lipinski definition) is 1. The minimum atomic E-state index is 0.468. The molecule has 1 rings (SSSR count). The number of ether oxygens (including phenoxy) is 1. The molecule has 0 atom stereocenters. The van der Waals surface area contributed by atoms with Crippen molar-refractivity contribution < 1.29 is 4.74 Å². The monoisotopic (exact) mass is 147 g/mol. The van der Waals surface area contributed by atoms with Crippen LogP contribution in [0.3, 0.4) is 0 Å². The van der Waals surface area contributed by atoms with E-state index < -0.39 is 0 Å². The predicted molar refractivity (Wildman–Crippen MR) is 46.3 cm³/mol. The molecular formula is C8H10BNO. The van der Waals surface area contributed by atoms with Gasteiger partial charge in [-0.2, -0.15) is 0 Å². The molecule has 1 aromatic rings. The van der Waals surface area contributed by atoms with Gasteiger partial charge in [0.05, 0.1) is 7.11 Å². The van der Waals surface area contributed by atoms with E-state index in [0.717, 1.165) is 11.3 Å². The molecule has 1 aromatic carbocycles. The van der Waals surface area contributed by atoms with Crippen molar-refractivity contribution in [2.24, 2.45) is 5.73 Å². The number of nitrogens with two attached hydrogens (primary N) is 1. The van der Waals surface area contributed by atoms with Gasteiger partial charge in [0.25, 0.3) is 0 Å². The summed E-state index contributed by atoms with van der Waals surface area (Å²) < 4.78 is 4.97. The van der Waals surface area contributed by atoms with Gasteiger partial charge in [-0.25, -0.2) is 0 Å². The maximum absolute atomic E-state index is 5.65. The van der Waals surface area contributed by atoms with Gasteiger partial charge in [-0.15, -0.1) is 0 Å². The van der Waals surface area contributed by atoms with E-state index in [1.807, 2.05) is 12.1 Å². The predicted octanol–water partition coefficient (Wildman–Crippen LogP) is -0.0523. The Kier molecular flexibility index (Phi) is 2.55. The SMILES string of the molecule is [B]c1cc(OC)ccc1CN. The van der Waals surface area contributed by atoms with Crippen LogP contribution in [0.5, 0.6) is 5.75 Å². The van der Waals surface area contributed by atoms with Gasteiger partial charge in [-0.3, -0.25) is 0 Å². The largest absolute Gasteiger partial charge is 0.497 e. The zero-order valence-corrected chi connectivity index (χ0v) is 6.50. The molecule has 0 aliphatic rings. The number of rotatable bonds is 2. The van der Waals surface area contributed by atoms with Crippen LogP contribution in [0, 0.1) is 0 Å². The van der Waals surface area contributed by atoms with Gasteiger partial charge in [0.15, 0.2) is 0 Å². The highest BCUT2D eigenvalue weighted by molar-refractivity contribution is 6.33. The molecule has 56 valence electrons. The Hall–Kier alpha value is -0.955. The maximum atomic E-state index is 5.65. The van der Waals surface area contributed by atoms with E-state index in [2.05, 4.69) is 0 Å². The van der Waals surface area contributed by atoms with Crippen LogP contribution in [0.1, 0.15) is 5.56 Å². The summed E-state index contributed by atoms with van der Waals surface area (Å²) >= 11 is 0. The van der Waals surface area contributed by atoms with Gasteiger partial charge in [0.2, 0.25) is 0 Å². The van der Waals surface area contributed by atoms with E-state index in [4.69, 9.17) is 18.3 Å². The Morgan fingerprint density at radius 1 is 1.55 bits per heavy atom. The molecule has 0 unspecified atom stereocenters. The Labute approximate surface area is 67.8 Å². The number of benzene rings is 1. The minimum absolute atomic E-state index is 0.468. The molecule has 0 amide bonds. The van der Waals surface area contributed by atoms with Crippen LogP contribution in [-0.4, -0.2) is 15.0 Å². The van der Waals surface area contributed by atoms with E-state index >= 15 is 0 Å². The third kappa shape index (κ3) is 1.74. The van der Waals surface area contributed by atoms with Crippen molar-refractivity contribution in [3.05, 3.63) is 23.8 Å². The van der Waals surface area contributed by atoms with Crippen molar-refractivity contribution in [1.82, 2.24) is 0 Å². The van der Waals surface area contributed by atoms with E-state index in [0.29, 0.717) is 12.0 Å². The van der Waals surface area contributed by atoms with Crippen molar-refractivity contribution in [1.29, 1.82) is 0 Å². The molecule has 0 fully saturated rings. The third-order valence-electron chi connectivity index (χ3n) is 1.57. The molecular weight excluding hydrogens is 137 g/mol. The third-order valence-corrected chi connectivity index (χ3v) is 1.57. The first-order valence-electron chi connectivity index (χ1n) is 3.40. The lowest BCUT2D eigenvalue weighted by molar-refractivity contribution is 0.415. The normalized spacial score (nSPS) is 9.64. The average molecular weight is 147 g/mol. The van der Waals surface area contributed by atoms with Crippen molar-refractivity contribution in [3.8, 4) is 5.75 Å². The second-order valence-corrected chi connectivity index (χ2v) is 2.27.